The minimum absolute atomic E-state index is 0.292. The SMILES string of the molecule is C=CCOCC(O)CN(CC)CP(C)(C)=O. The molecule has 0 amide bonds. The van der Waals surface area contributed by atoms with Crippen molar-refractivity contribution in [2.75, 3.05) is 45.9 Å². The van der Waals surface area contributed by atoms with Crippen LogP contribution in [0.3, 0.4) is 0 Å². The molecule has 0 spiro atoms. The molecule has 1 atom stereocenters. The predicted octanol–water partition coefficient (Wildman–Crippen LogP) is 1.45. The molecule has 0 aromatic heterocycles. The van der Waals surface area contributed by atoms with E-state index in [-0.39, 0.29) is 0 Å². The highest BCUT2D eigenvalue weighted by Crippen LogP contribution is 2.36. The van der Waals surface area contributed by atoms with Crippen LogP contribution in [0, 0.1) is 0 Å². The van der Waals surface area contributed by atoms with Gasteiger partial charge < -0.3 is 14.4 Å². The summed E-state index contributed by atoms with van der Waals surface area (Å²) < 4.78 is 16.8. The van der Waals surface area contributed by atoms with Crippen molar-refractivity contribution < 1.29 is 14.4 Å². The molecule has 0 saturated heterocycles. The highest BCUT2D eigenvalue weighted by molar-refractivity contribution is 7.62. The molecule has 0 aromatic carbocycles. The zero-order chi connectivity index (χ0) is 12.6. The minimum Gasteiger partial charge on any atom is -0.389 e. The fourth-order valence-corrected chi connectivity index (χ4v) is 2.69. The van der Waals surface area contributed by atoms with Crippen LogP contribution in [0.5, 0.6) is 0 Å². The third-order valence-corrected chi connectivity index (χ3v) is 3.08. The van der Waals surface area contributed by atoms with Crippen molar-refractivity contribution in [3.63, 3.8) is 0 Å². The Morgan fingerprint density at radius 2 is 2.19 bits per heavy atom. The van der Waals surface area contributed by atoms with Gasteiger partial charge in [0.25, 0.3) is 0 Å². The van der Waals surface area contributed by atoms with Crippen LogP contribution in [0.1, 0.15) is 6.92 Å². The summed E-state index contributed by atoms with van der Waals surface area (Å²) >= 11 is 0. The summed E-state index contributed by atoms with van der Waals surface area (Å²) in [4.78, 5) is 1.99. The average Bonchev–Trinajstić information content (AvgIpc) is 2.15. The first-order chi connectivity index (χ1) is 7.39. The average molecular weight is 249 g/mol. The summed E-state index contributed by atoms with van der Waals surface area (Å²) in [5.41, 5.74) is 0. The molecule has 0 radical (unpaired) electrons. The molecule has 16 heavy (non-hydrogen) atoms. The Balaban J connectivity index is 3.92. The molecule has 5 heteroatoms. The van der Waals surface area contributed by atoms with Gasteiger partial charge in [-0.25, -0.2) is 0 Å². The summed E-state index contributed by atoms with van der Waals surface area (Å²) in [6, 6.07) is 0. The number of hydrogen-bond donors (Lipinski definition) is 1. The highest BCUT2D eigenvalue weighted by Gasteiger charge is 2.16. The molecule has 0 fully saturated rings. The second-order valence-corrected chi connectivity index (χ2v) is 7.80. The zero-order valence-corrected chi connectivity index (χ0v) is 11.4. The lowest BCUT2D eigenvalue weighted by atomic mass is 10.3. The van der Waals surface area contributed by atoms with Crippen molar-refractivity contribution in [1.29, 1.82) is 0 Å². The third kappa shape index (κ3) is 9.10. The van der Waals surface area contributed by atoms with Crippen molar-refractivity contribution >= 4 is 7.14 Å². The second kappa shape index (κ2) is 8.02. The first kappa shape index (κ1) is 15.9. The zero-order valence-electron chi connectivity index (χ0n) is 10.6. The molecule has 1 N–H and O–H groups in total. The van der Waals surface area contributed by atoms with E-state index >= 15 is 0 Å². The molecule has 96 valence electrons. The largest absolute Gasteiger partial charge is 0.389 e. The molecule has 0 heterocycles. The van der Waals surface area contributed by atoms with Crippen LogP contribution in [0.25, 0.3) is 0 Å². The standard InChI is InChI=1S/C11H24NO3P/c1-5-7-15-9-11(13)8-12(6-2)10-16(3,4)14/h5,11,13H,1,6-10H2,2-4H3. The molecular weight excluding hydrogens is 225 g/mol. The first-order valence-corrected chi connectivity index (χ1v) is 8.30. The van der Waals surface area contributed by atoms with Crippen LogP contribution in [-0.4, -0.2) is 62.0 Å². The topological polar surface area (TPSA) is 49.8 Å². The lowest BCUT2D eigenvalue weighted by molar-refractivity contribution is 0.0304. The van der Waals surface area contributed by atoms with E-state index in [1.807, 2.05) is 11.8 Å². The molecule has 0 saturated carbocycles. The van der Waals surface area contributed by atoms with Gasteiger partial charge in [0.1, 0.15) is 0 Å². The maximum absolute atomic E-state index is 11.7. The predicted molar refractivity (Wildman–Crippen MR) is 68.6 cm³/mol. The van der Waals surface area contributed by atoms with E-state index in [0.29, 0.717) is 26.0 Å². The Kier molecular flexibility index (Phi) is 7.94. The number of ether oxygens (including phenoxy) is 1. The molecule has 1 unspecified atom stereocenters. The second-order valence-electron chi connectivity index (χ2n) is 4.36. The van der Waals surface area contributed by atoms with Crippen molar-refractivity contribution in [3.05, 3.63) is 12.7 Å². The first-order valence-electron chi connectivity index (χ1n) is 5.52. The smallest absolute Gasteiger partial charge is 0.0951 e. The van der Waals surface area contributed by atoms with Crippen LogP contribution in [0.4, 0.5) is 0 Å². The summed E-state index contributed by atoms with van der Waals surface area (Å²) in [6.45, 7) is 11.1. The van der Waals surface area contributed by atoms with Gasteiger partial charge in [-0.3, -0.25) is 4.90 Å². The van der Waals surface area contributed by atoms with Gasteiger partial charge in [-0.1, -0.05) is 13.0 Å². The van der Waals surface area contributed by atoms with Gasteiger partial charge in [0.2, 0.25) is 0 Å². The number of likely N-dealkylation sites (N-methyl/N-ethyl adjacent to an activating group) is 1. The van der Waals surface area contributed by atoms with E-state index in [1.165, 1.54) is 0 Å². The summed E-state index contributed by atoms with van der Waals surface area (Å²) in [5.74, 6) is 0. The number of aliphatic hydroxyl groups is 1. The minimum atomic E-state index is -2.07. The van der Waals surface area contributed by atoms with Crippen molar-refractivity contribution in [2.24, 2.45) is 0 Å². The Labute approximate surface area is 98.7 Å². The monoisotopic (exact) mass is 249 g/mol. The summed E-state index contributed by atoms with van der Waals surface area (Å²) in [7, 11) is -2.07. The van der Waals surface area contributed by atoms with E-state index in [2.05, 4.69) is 6.58 Å². The van der Waals surface area contributed by atoms with Crippen LogP contribution < -0.4 is 0 Å². The lowest BCUT2D eigenvalue weighted by Gasteiger charge is -2.25. The van der Waals surface area contributed by atoms with Crippen molar-refractivity contribution in [3.8, 4) is 0 Å². The molecule has 0 bridgehead atoms. The molecular formula is C11H24NO3P. The van der Waals surface area contributed by atoms with Crippen molar-refractivity contribution in [1.82, 2.24) is 4.90 Å². The summed E-state index contributed by atoms with van der Waals surface area (Å²) in [5, 5.41) is 9.68. The van der Waals surface area contributed by atoms with E-state index in [0.717, 1.165) is 6.54 Å². The van der Waals surface area contributed by atoms with Gasteiger partial charge in [-0.05, 0) is 19.9 Å². The normalized spacial score (nSPS) is 14.1. The third-order valence-electron chi connectivity index (χ3n) is 2.00. The van der Waals surface area contributed by atoms with Crippen LogP contribution in [-0.2, 0) is 9.30 Å². The Morgan fingerprint density at radius 3 is 2.62 bits per heavy atom. The van der Waals surface area contributed by atoms with Gasteiger partial charge in [0.05, 0.1) is 32.7 Å². The molecule has 0 rings (SSSR count). The van der Waals surface area contributed by atoms with Gasteiger partial charge >= 0.3 is 0 Å². The molecule has 0 aliphatic rings. The maximum atomic E-state index is 11.7. The molecule has 0 aliphatic heterocycles. The van der Waals surface area contributed by atoms with Gasteiger partial charge in [-0.15, -0.1) is 6.58 Å². The quantitative estimate of drug-likeness (QED) is 0.382. The van der Waals surface area contributed by atoms with Crippen LogP contribution in [0.15, 0.2) is 12.7 Å². The summed E-state index contributed by atoms with van der Waals surface area (Å²) in [6.07, 6.45) is 1.66. The molecule has 0 aliphatic carbocycles. The number of aliphatic hydroxyl groups excluding tert-OH is 1. The van der Waals surface area contributed by atoms with E-state index < -0.39 is 13.2 Å². The number of hydrogen-bond acceptors (Lipinski definition) is 4. The van der Waals surface area contributed by atoms with Gasteiger partial charge in [0.15, 0.2) is 0 Å². The Morgan fingerprint density at radius 1 is 1.56 bits per heavy atom. The number of nitrogens with zero attached hydrogens (tertiary/aromatic N) is 1. The van der Waals surface area contributed by atoms with Gasteiger partial charge in [-0.2, -0.15) is 0 Å². The fourth-order valence-electron chi connectivity index (χ4n) is 1.41. The maximum Gasteiger partial charge on any atom is 0.0951 e. The van der Waals surface area contributed by atoms with E-state index in [4.69, 9.17) is 4.74 Å². The fraction of sp³-hybridized carbons (Fsp3) is 0.818. The lowest BCUT2D eigenvalue weighted by Crippen LogP contribution is -2.35. The van der Waals surface area contributed by atoms with Crippen molar-refractivity contribution in [2.45, 2.75) is 13.0 Å². The highest BCUT2D eigenvalue weighted by atomic mass is 31.2. The van der Waals surface area contributed by atoms with E-state index in [9.17, 15) is 9.67 Å². The molecule has 0 aromatic rings. The molecule has 4 nitrogen and oxygen atoms in total. The number of rotatable bonds is 9. The Hall–Kier alpha value is -0.150. The Bertz CT molecular complexity index is 239. The van der Waals surface area contributed by atoms with Crippen LogP contribution in [0.2, 0.25) is 0 Å². The van der Waals surface area contributed by atoms with Gasteiger partial charge in [0, 0.05) is 6.54 Å². The van der Waals surface area contributed by atoms with Crippen LogP contribution >= 0.6 is 7.14 Å². The van der Waals surface area contributed by atoms with E-state index in [1.54, 1.807) is 19.4 Å².